The lowest BCUT2D eigenvalue weighted by Gasteiger charge is -2.30. The molecule has 0 saturated heterocycles. The summed E-state index contributed by atoms with van der Waals surface area (Å²) in [5.41, 5.74) is 4.59. The number of amides is 2. The van der Waals surface area contributed by atoms with Crippen LogP contribution in [0.3, 0.4) is 0 Å². The first-order chi connectivity index (χ1) is 11.7. The Morgan fingerprint density at radius 3 is 2.72 bits per heavy atom. The van der Waals surface area contributed by atoms with Crippen LogP contribution in [0.5, 0.6) is 0 Å². The van der Waals surface area contributed by atoms with E-state index in [1.54, 1.807) is 26.8 Å². The van der Waals surface area contributed by atoms with E-state index in [2.05, 4.69) is 21.2 Å². The zero-order valence-electron chi connectivity index (χ0n) is 14.8. The van der Waals surface area contributed by atoms with Gasteiger partial charge in [0.2, 0.25) is 11.9 Å². The van der Waals surface area contributed by atoms with E-state index in [0.717, 1.165) is 19.3 Å². The number of pyridine rings is 1. The minimum absolute atomic E-state index is 0.105. The van der Waals surface area contributed by atoms with Gasteiger partial charge in [0, 0.05) is 12.0 Å². The molecule has 1 aromatic heterocycles. The number of carbonyl (C=O) groups is 2. The van der Waals surface area contributed by atoms with Crippen molar-refractivity contribution in [3.63, 3.8) is 0 Å². The molecule has 25 heavy (non-hydrogen) atoms. The molecule has 1 saturated carbocycles. The van der Waals surface area contributed by atoms with Crippen LogP contribution < -0.4 is 16.2 Å². The van der Waals surface area contributed by atoms with Crippen molar-refractivity contribution in [2.24, 2.45) is 5.92 Å². The molecule has 8 heteroatoms. The van der Waals surface area contributed by atoms with Crippen molar-refractivity contribution in [3.05, 3.63) is 24.1 Å². The predicted octanol–water partition coefficient (Wildman–Crippen LogP) is 2.75. The van der Waals surface area contributed by atoms with Crippen molar-refractivity contribution >= 4 is 17.8 Å². The summed E-state index contributed by atoms with van der Waals surface area (Å²) in [6, 6.07) is 4.17. The second-order valence-corrected chi connectivity index (χ2v) is 7.17. The minimum Gasteiger partial charge on any atom is -0.444 e. The molecule has 0 radical (unpaired) electrons. The number of hydrogen-bond donors (Lipinski definition) is 3. The van der Waals surface area contributed by atoms with Crippen molar-refractivity contribution in [3.8, 4) is 0 Å². The van der Waals surface area contributed by atoms with Crippen LogP contribution in [-0.2, 0) is 9.53 Å². The van der Waals surface area contributed by atoms with E-state index in [1.807, 2.05) is 0 Å². The van der Waals surface area contributed by atoms with E-state index in [-0.39, 0.29) is 23.7 Å². The number of nitrogens with one attached hydrogen (secondary N) is 3. The van der Waals surface area contributed by atoms with Gasteiger partial charge in [-0.1, -0.05) is 12.5 Å². The average molecular weight is 352 g/mol. The van der Waals surface area contributed by atoms with Gasteiger partial charge in [0.05, 0.1) is 0 Å². The molecule has 2 rings (SSSR count). The largest absolute Gasteiger partial charge is 0.444 e. The van der Waals surface area contributed by atoms with Crippen molar-refractivity contribution < 1.29 is 18.7 Å². The number of hydrogen-bond acceptors (Lipinski definition) is 5. The monoisotopic (exact) mass is 352 g/mol. The summed E-state index contributed by atoms with van der Waals surface area (Å²) in [4.78, 5) is 27.7. The Balaban J connectivity index is 1.81. The molecule has 2 atom stereocenters. The van der Waals surface area contributed by atoms with Crippen LogP contribution in [0.25, 0.3) is 0 Å². The molecule has 1 fully saturated rings. The second kappa shape index (κ2) is 8.13. The third-order valence-electron chi connectivity index (χ3n) is 3.79. The third kappa shape index (κ3) is 6.56. The predicted molar refractivity (Wildman–Crippen MR) is 91.1 cm³/mol. The van der Waals surface area contributed by atoms with Crippen molar-refractivity contribution in [1.29, 1.82) is 0 Å². The maximum absolute atomic E-state index is 13.0. The highest BCUT2D eigenvalue weighted by Crippen LogP contribution is 2.25. The number of hydrazine groups is 1. The van der Waals surface area contributed by atoms with Crippen LogP contribution in [0.2, 0.25) is 0 Å². The van der Waals surface area contributed by atoms with Crippen molar-refractivity contribution in [1.82, 2.24) is 15.7 Å². The average Bonchev–Trinajstić information content (AvgIpc) is 2.51. The molecule has 7 nitrogen and oxygen atoms in total. The normalized spacial score (nSPS) is 20.5. The molecule has 0 aliphatic heterocycles. The van der Waals surface area contributed by atoms with Gasteiger partial charge in [0.1, 0.15) is 11.4 Å². The summed E-state index contributed by atoms with van der Waals surface area (Å²) >= 11 is 0. The Labute approximate surface area is 146 Å². The fraction of sp³-hybridized carbons (Fsp3) is 0.588. The van der Waals surface area contributed by atoms with Gasteiger partial charge in [0.15, 0.2) is 0 Å². The van der Waals surface area contributed by atoms with Crippen LogP contribution in [-0.4, -0.2) is 28.6 Å². The van der Waals surface area contributed by atoms with Gasteiger partial charge < -0.3 is 10.1 Å². The summed E-state index contributed by atoms with van der Waals surface area (Å²) in [5, 5.41) is 2.82. The first-order valence-electron chi connectivity index (χ1n) is 8.41. The molecule has 0 unspecified atom stereocenters. The van der Waals surface area contributed by atoms with Crippen LogP contribution in [0.15, 0.2) is 18.2 Å². The van der Waals surface area contributed by atoms with Gasteiger partial charge in [-0.25, -0.2) is 9.78 Å². The van der Waals surface area contributed by atoms with Crippen LogP contribution in [0.4, 0.5) is 15.0 Å². The number of halogens is 1. The van der Waals surface area contributed by atoms with Gasteiger partial charge in [0.25, 0.3) is 0 Å². The topological polar surface area (TPSA) is 92.3 Å². The van der Waals surface area contributed by atoms with Crippen LogP contribution >= 0.6 is 0 Å². The molecular weight excluding hydrogens is 327 g/mol. The molecule has 0 bridgehead atoms. The third-order valence-corrected chi connectivity index (χ3v) is 3.79. The van der Waals surface area contributed by atoms with Crippen LogP contribution in [0, 0.1) is 11.9 Å². The Kier molecular flexibility index (Phi) is 6.17. The first-order valence-corrected chi connectivity index (χ1v) is 8.41. The van der Waals surface area contributed by atoms with Gasteiger partial charge in [-0.15, -0.1) is 0 Å². The smallest absolute Gasteiger partial charge is 0.407 e. The molecule has 0 aromatic carbocycles. The lowest BCUT2D eigenvalue weighted by Crippen LogP contribution is -2.45. The highest BCUT2D eigenvalue weighted by atomic mass is 19.1. The molecule has 2 amide bonds. The zero-order chi connectivity index (χ0) is 18.4. The van der Waals surface area contributed by atoms with E-state index in [0.29, 0.717) is 6.42 Å². The number of nitrogens with zero attached hydrogens (tertiary/aromatic N) is 1. The fourth-order valence-corrected chi connectivity index (χ4v) is 2.74. The van der Waals surface area contributed by atoms with Gasteiger partial charge in [-0.3, -0.25) is 15.6 Å². The molecule has 1 aliphatic carbocycles. The van der Waals surface area contributed by atoms with Gasteiger partial charge >= 0.3 is 6.09 Å². The first kappa shape index (κ1) is 19.0. The van der Waals surface area contributed by atoms with Crippen LogP contribution in [0.1, 0.15) is 46.5 Å². The van der Waals surface area contributed by atoms with E-state index in [9.17, 15) is 14.0 Å². The van der Waals surface area contributed by atoms with E-state index in [4.69, 9.17) is 4.74 Å². The Bertz CT molecular complexity index is 618. The summed E-state index contributed by atoms with van der Waals surface area (Å²) in [6.07, 6.45) is 2.43. The second-order valence-electron chi connectivity index (χ2n) is 7.17. The number of alkyl carbamates (subject to hydrolysis) is 1. The van der Waals surface area contributed by atoms with Crippen molar-refractivity contribution in [2.75, 3.05) is 5.43 Å². The molecule has 3 N–H and O–H groups in total. The standard InChI is InChI=1S/C17H25FN4O3/c1-17(2,3)25-16(24)19-12-7-4-6-11(10-12)15(23)22-21-14-9-5-8-13(18)20-14/h5,8-9,11-12H,4,6-7,10H2,1-3H3,(H,19,24)(H,20,21)(H,22,23)/t11-,12+/m0/s1. The Hall–Kier alpha value is -2.38. The zero-order valence-corrected chi connectivity index (χ0v) is 14.8. The number of ether oxygens (including phenoxy) is 1. The quantitative estimate of drug-likeness (QED) is 0.572. The SMILES string of the molecule is CC(C)(C)OC(=O)N[C@@H]1CCC[C@H](C(=O)NNc2cccc(F)n2)C1. The lowest BCUT2D eigenvalue weighted by molar-refractivity contribution is -0.125. The maximum Gasteiger partial charge on any atom is 0.407 e. The van der Waals surface area contributed by atoms with E-state index >= 15 is 0 Å². The summed E-state index contributed by atoms with van der Waals surface area (Å²) < 4.78 is 18.3. The number of anilines is 1. The molecule has 1 aliphatic rings. The number of carbonyl (C=O) groups excluding carboxylic acids is 2. The lowest BCUT2D eigenvalue weighted by atomic mass is 9.85. The molecule has 1 aromatic rings. The molecule has 0 spiro atoms. The Morgan fingerprint density at radius 2 is 2.04 bits per heavy atom. The number of rotatable bonds is 4. The highest BCUT2D eigenvalue weighted by molar-refractivity contribution is 5.80. The number of aromatic nitrogens is 1. The molecular formula is C17H25FN4O3. The molecule has 1 heterocycles. The van der Waals surface area contributed by atoms with E-state index < -0.39 is 17.6 Å². The summed E-state index contributed by atoms with van der Waals surface area (Å²) in [5.74, 6) is -0.845. The summed E-state index contributed by atoms with van der Waals surface area (Å²) in [6.45, 7) is 5.40. The summed E-state index contributed by atoms with van der Waals surface area (Å²) in [7, 11) is 0. The minimum atomic E-state index is -0.626. The van der Waals surface area contributed by atoms with Crippen molar-refractivity contribution in [2.45, 2.75) is 58.1 Å². The fourth-order valence-electron chi connectivity index (χ4n) is 2.74. The Morgan fingerprint density at radius 1 is 1.28 bits per heavy atom. The molecule has 138 valence electrons. The van der Waals surface area contributed by atoms with Gasteiger partial charge in [-0.05, 0) is 52.2 Å². The highest BCUT2D eigenvalue weighted by Gasteiger charge is 2.29. The van der Waals surface area contributed by atoms with Gasteiger partial charge in [-0.2, -0.15) is 4.39 Å². The van der Waals surface area contributed by atoms with E-state index in [1.165, 1.54) is 12.1 Å². The maximum atomic E-state index is 13.0.